The number of carboxylic acid groups (broad SMARTS) is 1. The number of nitrogens with one attached hydrogen (secondary N) is 1. The first-order valence-corrected chi connectivity index (χ1v) is 9.27. The fraction of sp³-hybridized carbons (Fsp3) is 0. The van der Waals surface area contributed by atoms with Crippen LogP contribution in [0.3, 0.4) is 0 Å². The average Bonchev–Trinajstić information content (AvgIpc) is 3.29. The Kier molecular flexibility index (Phi) is 4.82. The number of amidine groups is 1. The van der Waals surface area contributed by atoms with Crippen LogP contribution in [0.25, 0.3) is 11.8 Å². The average molecular weight is 389 g/mol. The largest absolute Gasteiger partial charge is 0.478 e. The van der Waals surface area contributed by atoms with Crippen LogP contribution < -0.4 is 5.32 Å². The van der Waals surface area contributed by atoms with Crippen LogP contribution in [-0.4, -0.2) is 26.7 Å². The molecule has 0 bridgehead atoms. The molecule has 2 heterocycles. The molecule has 1 aromatic heterocycles. The van der Waals surface area contributed by atoms with Crippen LogP contribution in [0, 0.1) is 0 Å². The van der Waals surface area contributed by atoms with Crippen LogP contribution in [0.5, 0.6) is 0 Å². The summed E-state index contributed by atoms with van der Waals surface area (Å²) in [6.07, 6.45) is 3.65. The summed E-state index contributed by atoms with van der Waals surface area (Å²) in [7, 11) is 0. The van der Waals surface area contributed by atoms with Crippen molar-refractivity contribution in [2.45, 2.75) is 0 Å². The zero-order valence-corrected chi connectivity index (χ0v) is 15.4. The third kappa shape index (κ3) is 3.74. The number of amides is 1. The van der Waals surface area contributed by atoms with Crippen molar-refractivity contribution < 1.29 is 14.7 Å². The van der Waals surface area contributed by atoms with E-state index in [2.05, 4.69) is 10.3 Å². The third-order valence-electron chi connectivity index (χ3n) is 4.09. The smallest absolute Gasteiger partial charge is 0.335 e. The summed E-state index contributed by atoms with van der Waals surface area (Å²) in [6, 6.07) is 19.7. The highest BCUT2D eigenvalue weighted by Crippen LogP contribution is 2.28. The predicted molar refractivity (Wildman–Crippen MR) is 110 cm³/mol. The Labute approximate surface area is 165 Å². The second-order valence-electron chi connectivity index (χ2n) is 5.97. The van der Waals surface area contributed by atoms with Gasteiger partial charge in [-0.15, -0.1) is 0 Å². The lowest BCUT2D eigenvalue weighted by molar-refractivity contribution is -0.115. The topological polar surface area (TPSA) is 83.7 Å². The molecule has 7 heteroatoms. The highest BCUT2D eigenvalue weighted by atomic mass is 32.2. The van der Waals surface area contributed by atoms with Crippen LogP contribution in [0.1, 0.15) is 16.1 Å². The predicted octanol–water partition coefficient (Wildman–Crippen LogP) is 4.07. The van der Waals surface area contributed by atoms with Gasteiger partial charge in [0.1, 0.15) is 0 Å². The maximum Gasteiger partial charge on any atom is 0.335 e. The normalized spacial score (nSPS) is 16.5. The molecule has 3 aromatic rings. The first-order chi connectivity index (χ1) is 13.6. The van der Waals surface area contributed by atoms with Gasteiger partial charge in [-0.25, -0.2) is 9.79 Å². The lowest BCUT2D eigenvalue weighted by Crippen LogP contribution is -2.19. The molecular formula is C21H15N3O3S. The minimum atomic E-state index is -0.967. The van der Waals surface area contributed by atoms with E-state index in [1.807, 2.05) is 53.2 Å². The van der Waals surface area contributed by atoms with Gasteiger partial charge in [0.15, 0.2) is 5.17 Å². The molecule has 0 atom stereocenters. The van der Waals surface area contributed by atoms with Crippen LogP contribution >= 0.6 is 11.8 Å². The maximum atomic E-state index is 12.3. The number of hydrogen-bond acceptors (Lipinski definition) is 4. The summed E-state index contributed by atoms with van der Waals surface area (Å²) in [5, 5.41) is 12.3. The molecule has 1 amide bonds. The third-order valence-corrected chi connectivity index (χ3v) is 5.00. The quantitative estimate of drug-likeness (QED) is 0.659. The van der Waals surface area contributed by atoms with Gasteiger partial charge in [0, 0.05) is 17.6 Å². The number of carbonyl (C=O) groups is 2. The number of thioether (sulfide) groups is 1. The van der Waals surface area contributed by atoms with Gasteiger partial charge >= 0.3 is 5.97 Å². The van der Waals surface area contributed by atoms with Gasteiger partial charge in [0.2, 0.25) is 0 Å². The van der Waals surface area contributed by atoms with E-state index >= 15 is 0 Å². The van der Waals surface area contributed by atoms with Crippen LogP contribution in [0.2, 0.25) is 0 Å². The van der Waals surface area contributed by atoms with E-state index < -0.39 is 5.97 Å². The molecule has 138 valence electrons. The summed E-state index contributed by atoms with van der Waals surface area (Å²) in [4.78, 5) is 28.3. The maximum absolute atomic E-state index is 12.3. The number of benzene rings is 2. The first kappa shape index (κ1) is 17.8. The number of carbonyl (C=O) groups excluding carboxylic acids is 1. The standard InChI is InChI=1S/C21H15N3O3S/c25-19-18(28-21(23-19)22-15-5-2-1-3-6-15)13-17-7-4-12-24(17)16-10-8-14(9-11-16)20(26)27/h1-13H,(H,26,27)(H,22,23,25)/b18-13+. The van der Waals surface area contributed by atoms with Crippen molar-refractivity contribution in [1.29, 1.82) is 0 Å². The number of aromatic carboxylic acids is 1. The van der Waals surface area contributed by atoms with E-state index in [4.69, 9.17) is 5.11 Å². The number of nitrogens with zero attached hydrogens (tertiary/aromatic N) is 2. The molecule has 1 saturated heterocycles. The van der Waals surface area contributed by atoms with Crippen molar-refractivity contribution >= 4 is 40.6 Å². The Bertz CT molecular complexity index is 1100. The summed E-state index contributed by atoms with van der Waals surface area (Å²) < 4.78 is 1.89. The van der Waals surface area contributed by atoms with E-state index in [0.29, 0.717) is 10.1 Å². The molecule has 0 saturated carbocycles. The number of carboxylic acids is 1. The Balaban J connectivity index is 1.60. The van der Waals surface area contributed by atoms with Gasteiger partial charge in [0.05, 0.1) is 16.2 Å². The summed E-state index contributed by atoms with van der Waals surface area (Å²) in [5.74, 6) is -1.17. The zero-order chi connectivity index (χ0) is 19.5. The van der Waals surface area contributed by atoms with E-state index in [0.717, 1.165) is 17.1 Å². The second-order valence-corrected chi connectivity index (χ2v) is 7.00. The van der Waals surface area contributed by atoms with Crippen molar-refractivity contribution in [2.24, 2.45) is 4.99 Å². The number of para-hydroxylation sites is 1. The van der Waals surface area contributed by atoms with Gasteiger partial charge in [-0.1, -0.05) is 18.2 Å². The van der Waals surface area contributed by atoms with Crippen molar-refractivity contribution in [1.82, 2.24) is 9.88 Å². The monoisotopic (exact) mass is 389 g/mol. The van der Waals surface area contributed by atoms with E-state index in [1.54, 1.807) is 30.3 Å². The lowest BCUT2D eigenvalue weighted by Gasteiger charge is -2.07. The highest BCUT2D eigenvalue weighted by Gasteiger charge is 2.24. The fourth-order valence-corrected chi connectivity index (χ4v) is 3.57. The number of aliphatic imine (C=N–C) groups is 1. The Morgan fingerprint density at radius 2 is 1.79 bits per heavy atom. The molecular weight excluding hydrogens is 374 g/mol. The summed E-state index contributed by atoms with van der Waals surface area (Å²) >= 11 is 1.28. The molecule has 1 aliphatic rings. The van der Waals surface area contributed by atoms with E-state index in [1.165, 1.54) is 11.8 Å². The number of rotatable bonds is 4. The Hall–Kier alpha value is -3.58. The molecule has 6 nitrogen and oxygen atoms in total. The SMILES string of the molecule is O=C1NC(=Nc2ccccc2)S/C1=C/c1cccn1-c1ccc(C(=O)O)cc1. The molecule has 0 spiro atoms. The molecule has 2 N–H and O–H groups in total. The van der Waals surface area contributed by atoms with Crippen LogP contribution in [0.4, 0.5) is 5.69 Å². The number of hydrogen-bond donors (Lipinski definition) is 2. The van der Waals surface area contributed by atoms with Crippen molar-refractivity contribution in [3.63, 3.8) is 0 Å². The molecule has 1 aliphatic heterocycles. The second kappa shape index (κ2) is 7.58. The molecule has 1 fully saturated rings. The minimum Gasteiger partial charge on any atom is -0.478 e. The van der Waals surface area contributed by atoms with Gasteiger partial charge in [-0.2, -0.15) is 0 Å². The minimum absolute atomic E-state index is 0.200. The van der Waals surface area contributed by atoms with Crippen LogP contribution in [0.15, 0.2) is 82.8 Å². The lowest BCUT2D eigenvalue weighted by atomic mass is 10.2. The Morgan fingerprint density at radius 1 is 1.04 bits per heavy atom. The Morgan fingerprint density at radius 3 is 2.50 bits per heavy atom. The van der Waals surface area contributed by atoms with E-state index in [9.17, 15) is 9.59 Å². The van der Waals surface area contributed by atoms with Crippen molar-refractivity contribution in [2.75, 3.05) is 0 Å². The van der Waals surface area contributed by atoms with Crippen molar-refractivity contribution in [3.05, 3.63) is 89.1 Å². The van der Waals surface area contributed by atoms with Crippen molar-refractivity contribution in [3.8, 4) is 5.69 Å². The summed E-state index contributed by atoms with van der Waals surface area (Å²) in [5.41, 5.74) is 2.61. The van der Waals surface area contributed by atoms with E-state index in [-0.39, 0.29) is 11.5 Å². The fourth-order valence-electron chi connectivity index (χ4n) is 2.75. The van der Waals surface area contributed by atoms with Gasteiger partial charge in [0.25, 0.3) is 5.91 Å². The molecule has 0 unspecified atom stereocenters. The first-order valence-electron chi connectivity index (χ1n) is 8.46. The number of aromatic nitrogens is 1. The van der Waals surface area contributed by atoms with Crippen LogP contribution in [-0.2, 0) is 4.79 Å². The molecule has 2 aromatic carbocycles. The van der Waals surface area contributed by atoms with Gasteiger partial charge in [-0.3, -0.25) is 4.79 Å². The molecule has 4 rings (SSSR count). The zero-order valence-electron chi connectivity index (χ0n) is 14.6. The highest BCUT2D eigenvalue weighted by molar-refractivity contribution is 8.18. The molecule has 0 radical (unpaired) electrons. The molecule has 28 heavy (non-hydrogen) atoms. The summed E-state index contributed by atoms with van der Waals surface area (Å²) in [6.45, 7) is 0. The molecule has 0 aliphatic carbocycles. The van der Waals surface area contributed by atoms with Gasteiger partial charge < -0.3 is 15.0 Å². The van der Waals surface area contributed by atoms with Gasteiger partial charge in [-0.05, 0) is 66.4 Å².